The third kappa shape index (κ3) is 2.72. The third-order valence-corrected chi connectivity index (χ3v) is 2.66. The van der Waals surface area contributed by atoms with E-state index < -0.39 is 0 Å². The first kappa shape index (κ1) is 11.8. The van der Waals surface area contributed by atoms with Crippen molar-refractivity contribution >= 4 is 34.8 Å². The lowest BCUT2D eigenvalue weighted by Crippen LogP contribution is -2.13. The van der Waals surface area contributed by atoms with Crippen LogP contribution in [0, 0.1) is 0 Å². The van der Waals surface area contributed by atoms with Gasteiger partial charge >= 0.3 is 0 Å². The summed E-state index contributed by atoms with van der Waals surface area (Å²) in [5, 5.41) is 3.32. The number of nitrogens with one attached hydrogen (secondary N) is 1. The van der Waals surface area contributed by atoms with Crippen LogP contribution < -0.4 is 5.32 Å². The zero-order chi connectivity index (χ0) is 12.3. The summed E-state index contributed by atoms with van der Waals surface area (Å²) >= 11 is 11.7. The van der Waals surface area contributed by atoms with E-state index in [1.807, 2.05) is 0 Å². The molecule has 0 saturated heterocycles. The number of anilines is 1. The topological polar surface area (TPSA) is 54.9 Å². The highest BCUT2D eigenvalue weighted by Gasteiger charge is 2.11. The molecular weight excluding hydrogens is 261 g/mol. The monoisotopic (exact) mass is 267 g/mol. The molecule has 4 nitrogen and oxygen atoms in total. The Bertz CT molecular complexity index is 560. The van der Waals surface area contributed by atoms with E-state index in [0.717, 1.165) is 0 Å². The van der Waals surface area contributed by atoms with Crippen LogP contribution in [0.25, 0.3) is 0 Å². The number of aromatic nitrogens is 2. The van der Waals surface area contributed by atoms with Gasteiger partial charge < -0.3 is 5.32 Å². The fraction of sp³-hybridized carbons (Fsp3) is 0. The summed E-state index contributed by atoms with van der Waals surface area (Å²) in [4.78, 5) is 19.5. The lowest BCUT2D eigenvalue weighted by molar-refractivity contribution is 0.102. The largest absolute Gasteiger partial charge is 0.319 e. The Morgan fingerprint density at radius 1 is 1.06 bits per heavy atom. The molecule has 0 radical (unpaired) electrons. The average Bonchev–Trinajstić information content (AvgIpc) is 2.32. The number of rotatable bonds is 2. The summed E-state index contributed by atoms with van der Waals surface area (Å²) in [6, 6.07) is 3.12. The number of halogens is 2. The molecule has 17 heavy (non-hydrogen) atoms. The van der Waals surface area contributed by atoms with Gasteiger partial charge in [-0.15, -0.1) is 0 Å². The molecule has 1 amide bonds. The van der Waals surface area contributed by atoms with Crippen molar-refractivity contribution in [3.05, 3.63) is 52.5 Å². The molecule has 0 aliphatic heterocycles. The van der Waals surface area contributed by atoms with E-state index in [0.29, 0.717) is 16.3 Å². The fourth-order valence-corrected chi connectivity index (χ4v) is 1.58. The number of hydrogen-bond donors (Lipinski definition) is 1. The van der Waals surface area contributed by atoms with Crippen LogP contribution in [-0.2, 0) is 0 Å². The molecule has 0 atom stereocenters. The second-order valence-electron chi connectivity index (χ2n) is 3.17. The van der Waals surface area contributed by atoms with Gasteiger partial charge in [0.15, 0.2) is 0 Å². The van der Waals surface area contributed by atoms with Gasteiger partial charge in [-0.1, -0.05) is 23.2 Å². The van der Waals surface area contributed by atoms with Crippen LogP contribution in [0.4, 0.5) is 5.69 Å². The summed E-state index contributed by atoms with van der Waals surface area (Å²) in [5.74, 6) is -0.354. The minimum absolute atomic E-state index is 0.282. The Kier molecular flexibility index (Phi) is 3.56. The SMILES string of the molecule is O=C(Nc1cnccc1Cl)c1ccncc1Cl. The molecule has 2 aromatic rings. The van der Waals surface area contributed by atoms with Gasteiger partial charge in [0.25, 0.3) is 5.91 Å². The first-order valence-electron chi connectivity index (χ1n) is 4.69. The van der Waals surface area contributed by atoms with Crippen molar-refractivity contribution in [2.75, 3.05) is 5.32 Å². The predicted octanol–water partition coefficient (Wildman–Crippen LogP) is 3.04. The maximum Gasteiger partial charge on any atom is 0.257 e. The van der Waals surface area contributed by atoms with Crippen LogP contribution in [0.15, 0.2) is 36.9 Å². The van der Waals surface area contributed by atoms with Crippen molar-refractivity contribution in [1.29, 1.82) is 0 Å². The minimum atomic E-state index is -0.354. The Hall–Kier alpha value is -1.65. The van der Waals surface area contributed by atoms with Crippen LogP contribution in [-0.4, -0.2) is 15.9 Å². The number of pyridine rings is 2. The Balaban J connectivity index is 2.24. The van der Waals surface area contributed by atoms with Crippen molar-refractivity contribution in [2.24, 2.45) is 0 Å². The second kappa shape index (κ2) is 5.12. The molecule has 86 valence electrons. The van der Waals surface area contributed by atoms with E-state index in [2.05, 4.69) is 15.3 Å². The normalized spacial score (nSPS) is 10.0. The van der Waals surface area contributed by atoms with E-state index in [1.165, 1.54) is 30.9 Å². The van der Waals surface area contributed by atoms with E-state index in [4.69, 9.17) is 23.2 Å². The first-order chi connectivity index (χ1) is 8.18. The summed E-state index contributed by atoms with van der Waals surface area (Å²) in [6.07, 6.45) is 5.90. The molecule has 0 spiro atoms. The molecule has 2 heterocycles. The van der Waals surface area contributed by atoms with Crippen molar-refractivity contribution in [3.8, 4) is 0 Å². The van der Waals surface area contributed by atoms with Crippen LogP contribution in [0.5, 0.6) is 0 Å². The number of amides is 1. The lowest BCUT2D eigenvalue weighted by Gasteiger charge is -2.07. The summed E-state index contributed by atoms with van der Waals surface area (Å²) in [5.41, 5.74) is 0.772. The maximum atomic E-state index is 11.9. The molecule has 2 rings (SSSR count). The summed E-state index contributed by atoms with van der Waals surface area (Å²) in [6.45, 7) is 0. The van der Waals surface area contributed by atoms with E-state index >= 15 is 0 Å². The highest BCUT2D eigenvalue weighted by Crippen LogP contribution is 2.21. The van der Waals surface area contributed by atoms with Crippen LogP contribution in [0.2, 0.25) is 10.0 Å². The molecule has 0 aromatic carbocycles. The lowest BCUT2D eigenvalue weighted by atomic mass is 10.2. The van der Waals surface area contributed by atoms with Gasteiger partial charge in [-0.3, -0.25) is 14.8 Å². The Labute approximate surface area is 108 Å². The van der Waals surface area contributed by atoms with Gasteiger partial charge in [0, 0.05) is 18.6 Å². The number of nitrogens with zero attached hydrogens (tertiary/aromatic N) is 2. The number of carbonyl (C=O) groups excluding carboxylic acids is 1. The molecule has 6 heteroatoms. The number of carbonyl (C=O) groups is 1. The van der Waals surface area contributed by atoms with Crippen molar-refractivity contribution in [1.82, 2.24) is 9.97 Å². The Morgan fingerprint density at radius 2 is 1.76 bits per heavy atom. The third-order valence-electron chi connectivity index (χ3n) is 2.03. The van der Waals surface area contributed by atoms with Crippen LogP contribution in [0.1, 0.15) is 10.4 Å². The zero-order valence-corrected chi connectivity index (χ0v) is 10.0. The van der Waals surface area contributed by atoms with Gasteiger partial charge in [-0.2, -0.15) is 0 Å². The fourth-order valence-electron chi connectivity index (χ4n) is 1.22. The van der Waals surface area contributed by atoms with Gasteiger partial charge in [0.05, 0.1) is 27.5 Å². The highest BCUT2D eigenvalue weighted by atomic mass is 35.5. The minimum Gasteiger partial charge on any atom is -0.319 e. The number of hydrogen-bond acceptors (Lipinski definition) is 3. The van der Waals surface area contributed by atoms with E-state index in [9.17, 15) is 4.79 Å². The molecule has 0 saturated carbocycles. The maximum absolute atomic E-state index is 11.9. The van der Waals surface area contributed by atoms with Gasteiger partial charge in [-0.25, -0.2) is 0 Å². The molecule has 0 unspecified atom stereocenters. The molecule has 0 fully saturated rings. The zero-order valence-electron chi connectivity index (χ0n) is 8.52. The Morgan fingerprint density at radius 3 is 2.47 bits per heavy atom. The summed E-state index contributed by atoms with van der Waals surface area (Å²) < 4.78 is 0. The highest BCUT2D eigenvalue weighted by molar-refractivity contribution is 6.35. The molecule has 2 aromatic heterocycles. The second-order valence-corrected chi connectivity index (χ2v) is 3.98. The molecule has 1 N–H and O–H groups in total. The average molecular weight is 268 g/mol. The molecule has 0 aliphatic carbocycles. The summed E-state index contributed by atoms with van der Waals surface area (Å²) in [7, 11) is 0. The first-order valence-corrected chi connectivity index (χ1v) is 5.44. The molecular formula is C11H7Cl2N3O. The molecule has 0 aliphatic rings. The molecule has 0 bridgehead atoms. The van der Waals surface area contributed by atoms with Crippen molar-refractivity contribution in [2.45, 2.75) is 0 Å². The predicted molar refractivity (Wildman–Crippen MR) is 66.4 cm³/mol. The quantitative estimate of drug-likeness (QED) is 0.910. The van der Waals surface area contributed by atoms with Crippen molar-refractivity contribution < 1.29 is 4.79 Å². The van der Waals surface area contributed by atoms with E-state index in [-0.39, 0.29) is 10.9 Å². The van der Waals surface area contributed by atoms with Gasteiger partial charge in [0.2, 0.25) is 0 Å². The van der Waals surface area contributed by atoms with Crippen LogP contribution in [0.3, 0.4) is 0 Å². The van der Waals surface area contributed by atoms with Crippen molar-refractivity contribution in [3.63, 3.8) is 0 Å². The van der Waals surface area contributed by atoms with Crippen LogP contribution >= 0.6 is 23.2 Å². The van der Waals surface area contributed by atoms with E-state index in [1.54, 1.807) is 6.07 Å². The standard InChI is InChI=1S/C11H7Cl2N3O/c12-8-2-4-15-6-10(8)16-11(17)7-1-3-14-5-9(7)13/h1-6H,(H,16,17). The smallest absolute Gasteiger partial charge is 0.257 e. The van der Waals surface area contributed by atoms with Gasteiger partial charge in [0.1, 0.15) is 0 Å². The van der Waals surface area contributed by atoms with Gasteiger partial charge in [-0.05, 0) is 12.1 Å².